The largest absolute Gasteiger partial charge is 0.473 e. The predicted octanol–water partition coefficient (Wildman–Crippen LogP) is 1.14. The number of piperidine rings is 2. The van der Waals surface area contributed by atoms with Crippen LogP contribution in [0.4, 0.5) is 5.13 Å². The lowest BCUT2D eigenvalue weighted by atomic mass is 10.00. The molecule has 0 spiro atoms. The van der Waals surface area contributed by atoms with Gasteiger partial charge in [0.2, 0.25) is 11.0 Å². The molecule has 11 heteroatoms. The van der Waals surface area contributed by atoms with E-state index in [4.69, 9.17) is 19.8 Å². The molecule has 1 amide bonds. The highest BCUT2D eigenvalue weighted by Gasteiger charge is 2.26. The van der Waals surface area contributed by atoms with Crippen LogP contribution in [0.3, 0.4) is 0 Å². The van der Waals surface area contributed by atoms with E-state index in [2.05, 4.69) is 25.3 Å². The Morgan fingerprint density at radius 2 is 1.66 bits per heavy atom. The maximum atomic E-state index is 12.1. The quantitative estimate of drug-likeness (QED) is 0.591. The van der Waals surface area contributed by atoms with Gasteiger partial charge >= 0.3 is 11.9 Å². The van der Waals surface area contributed by atoms with Crippen molar-refractivity contribution < 1.29 is 24.6 Å². The number of carboxylic acid groups (broad SMARTS) is 2. The van der Waals surface area contributed by atoms with Gasteiger partial charge in [0.05, 0.1) is 6.54 Å². The van der Waals surface area contributed by atoms with Crippen molar-refractivity contribution in [3.63, 3.8) is 0 Å². The first-order valence-electron chi connectivity index (χ1n) is 9.94. The summed E-state index contributed by atoms with van der Waals surface area (Å²) in [6.07, 6.45) is 7.32. The highest BCUT2D eigenvalue weighted by Crippen LogP contribution is 2.21. The van der Waals surface area contributed by atoms with Crippen LogP contribution in [-0.2, 0) is 20.8 Å². The molecule has 2 aliphatic rings. The summed E-state index contributed by atoms with van der Waals surface area (Å²) in [6.45, 7) is 7.08. The highest BCUT2D eigenvalue weighted by atomic mass is 32.1. The molecule has 162 valence electrons. The van der Waals surface area contributed by atoms with Gasteiger partial charge in [-0.05, 0) is 45.2 Å². The molecule has 3 rings (SSSR count). The Kier molecular flexibility index (Phi) is 9.42. The fourth-order valence-electron chi connectivity index (χ4n) is 3.53. The van der Waals surface area contributed by atoms with Crippen molar-refractivity contribution in [2.45, 2.75) is 51.5 Å². The summed E-state index contributed by atoms with van der Waals surface area (Å²) in [4.78, 5) is 35.3. The summed E-state index contributed by atoms with van der Waals surface area (Å²) >= 11 is 1.46. The summed E-state index contributed by atoms with van der Waals surface area (Å²) < 4.78 is 0. The van der Waals surface area contributed by atoms with Crippen LogP contribution in [0.1, 0.15) is 44.0 Å². The van der Waals surface area contributed by atoms with Crippen LogP contribution >= 0.6 is 11.3 Å². The van der Waals surface area contributed by atoms with Crippen molar-refractivity contribution in [1.29, 1.82) is 0 Å². The van der Waals surface area contributed by atoms with Crippen molar-refractivity contribution in [1.82, 2.24) is 20.0 Å². The fraction of sp³-hybridized carbons (Fsp3) is 0.722. The summed E-state index contributed by atoms with van der Waals surface area (Å²) in [5, 5.41) is 27.3. The Morgan fingerprint density at radius 3 is 2.17 bits per heavy atom. The predicted molar refractivity (Wildman–Crippen MR) is 108 cm³/mol. The second kappa shape index (κ2) is 11.8. The first-order valence-corrected chi connectivity index (χ1v) is 10.8. The lowest BCUT2D eigenvalue weighted by Crippen LogP contribution is -2.48. The van der Waals surface area contributed by atoms with E-state index in [1.807, 2.05) is 6.92 Å². The molecule has 0 bridgehead atoms. The van der Waals surface area contributed by atoms with E-state index < -0.39 is 11.9 Å². The number of amides is 1. The van der Waals surface area contributed by atoms with Gasteiger partial charge in [-0.3, -0.25) is 15.0 Å². The molecule has 0 aromatic carbocycles. The van der Waals surface area contributed by atoms with E-state index in [1.54, 1.807) is 0 Å². The molecule has 1 aromatic rings. The Labute approximate surface area is 173 Å². The van der Waals surface area contributed by atoms with Crippen LogP contribution in [0.15, 0.2) is 0 Å². The number of aryl methyl sites for hydroxylation is 1. The minimum Gasteiger partial charge on any atom is -0.473 e. The van der Waals surface area contributed by atoms with Crippen LogP contribution in [-0.4, -0.2) is 86.8 Å². The van der Waals surface area contributed by atoms with Gasteiger partial charge < -0.3 is 15.1 Å². The van der Waals surface area contributed by atoms with E-state index in [0.29, 0.717) is 11.7 Å². The number of nitrogens with zero attached hydrogens (tertiary/aromatic N) is 4. The number of hydrogen-bond donors (Lipinski definition) is 3. The highest BCUT2D eigenvalue weighted by molar-refractivity contribution is 7.15. The van der Waals surface area contributed by atoms with E-state index in [1.165, 1.54) is 56.5 Å². The van der Waals surface area contributed by atoms with Crippen molar-refractivity contribution in [2.24, 2.45) is 0 Å². The second-order valence-electron chi connectivity index (χ2n) is 7.12. The number of carbonyl (C=O) groups is 3. The summed E-state index contributed by atoms with van der Waals surface area (Å²) in [6, 6.07) is 0.727. The van der Waals surface area contributed by atoms with Crippen LogP contribution in [0, 0.1) is 0 Å². The molecule has 0 saturated carbocycles. The molecule has 2 saturated heterocycles. The van der Waals surface area contributed by atoms with Gasteiger partial charge in [-0.15, -0.1) is 10.2 Å². The average molecular weight is 428 g/mol. The third-order valence-corrected chi connectivity index (χ3v) is 6.01. The maximum absolute atomic E-state index is 12.1. The lowest BCUT2D eigenvalue weighted by molar-refractivity contribution is -0.159. The van der Waals surface area contributed by atoms with E-state index >= 15 is 0 Å². The molecule has 29 heavy (non-hydrogen) atoms. The van der Waals surface area contributed by atoms with Gasteiger partial charge in [0, 0.05) is 19.1 Å². The van der Waals surface area contributed by atoms with Crippen molar-refractivity contribution in [3.05, 3.63) is 5.01 Å². The maximum Gasteiger partial charge on any atom is 0.414 e. The molecule has 2 fully saturated rings. The minimum absolute atomic E-state index is 0.0280. The van der Waals surface area contributed by atoms with Gasteiger partial charge in [-0.25, -0.2) is 9.59 Å². The van der Waals surface area contributed by atoms with E-state index in [9.17, 15) is 4.79 Å². The zero-order chi connectivity index (χ0) is 21.2. The third kappa shape index (κ3) is 8.03. The SMILES string of the molecule is CCc1nnc(NC(=O)CN2CCC(N3CCCCC3)CC2)s1.O=C(O)C(=O)O. The molecule has 2 aliphatic heterocycles. The zero-order valence-corrected chi connectivity index (χ0v) is 17.5. The monoisotopic (exact) mass is 427 g/mol. The molecule has 3 N–H and O–H groups in total. The molecule has 0 atom stereocenters. The molecule has 0 unspecified atom stereocenters. The molecule has 0 aliphatic carbocycles. The van der Waals surface area contributed by atoms with Crippen LogP contribution in [0.5, 0.6) is 0 Å². The number of hydrogen-bond acceptors (Lipinski definition) is 8. The average Bonchev–Trinajstić information content (AvgIpc) is 3.17. The van der Waals surface area contributed by atoms with Gasteiger partial charge in [0.25, 0.3) is 0 Å². The van der Waals surface area contributed by atoms with Crippen LogP contribution in [0.25, 0.3) is 0 Å². The summed E-state index contributed by atoms with van der Waals surface area (Å²) in [5.74, 6) is -3.62. The third-order valence-electron chi connectivity index (χ3n) is 5.03. The number of carboxylic acids is 2. The first kappa shape index (κ1) is 23.2. The Morgan fingerprint density at radius 1 is 1.03 bits per heavy atom. The van der Waals surface area contributed by atoms with Crippen LogP contribution < -0.4 is 5.32 Å². The molecule has 1 aromatic heterocycles. The van der Waals surface area contributed by atoms with Crippen molar-refractivity contribution in [3.8, 4) is 0 Å². The smallest absolute Gasteiger partial charge is 0.414 e. The number of nitrogens with one attached hydrogen (secondary N) is 1. The lowest BCUT2D eigenvalue weighted by Gasteiger charge is -2.40. The summed E-state index contributed by atoms with van der Waals surface area (Å²) in [7, 11) is 0. The first-order chi connectivity index (χ1) is 13.9. The van der Waals surface area contributed by atoms with Crippen molar-refractivity contribution in [2.75, 3.05) is 38.0 Å². The Hall–Kier alpha value is -2.11. The van der Waals surface area contributed by atoms with Gasteiger partial charge in [0.1, 0.15) is 5.01 Å². The molecular formula is C18H29N5O5S. The molecule has 3 heterocycles. The number of rotatable bonds is 5. The number of likely N-dealkylation sites (tertiary alicyclic amines) is 2. The normalized spacial score (nSPS) is 18.5. The minimum atomic E-state index is -1.82. The van der Waals surface area contributed by atoms with Gasteiger partial charge in [0.15, 0.2) is 0 Å². The number of carbonyl (C=O) groups excluding carboxylic acids is 1. The van der Waals surface area contributed by atoms with Crippen LogP contribution in [0.2, 0.25) is 0 Å². The number of anilines is 1. The van der Waals surface area contributed by atoms with Gasteiger partial charge in [-0.2, -0.15) is 0 Å². The molecule has 0 radical (unpaired) electrons. The van der Waals surface area contributed by atoms with Gasteiger partial charge in [-0.1, -0.05) is 24.7 Å². The summed E-state index contributed by atoms with van der Waals surface area (Å²) in [5.41, 5.74) is 0. The Balaban J connectivity index is 0.000000438. The number of aromatic nitrogens is 2. The topological polar surface area (TPSA) is 136 Å². The van der Waals surface area contributed by atoms with Crippen molar-refractivity contribution >= 4 is 34.3 Å². The fourth-order valence-corrected chi connectivity index (χ4v) is 4.23. The zero-order valence-electron chi connectivity index (χ0n) is 16.7. The second-order valence-corrected chi connectivity index (χ2v) is 8.18. The molecular weight excluding hydrogens is 398 g/mol. The Bertz CT molecular complexity index is 672. The number of aliphatic carboxylic acids is 2. The van der Waals surface area contributed by atoms with E-state index in [-0.39, 0.29) is 5.91 Å². The standard InChI is InChI=1S/C16H27N5OS.C2H2O4/c1-2-15-18-19-16(23-15)17-14(22)12-20-10-6-13(7-11-20)21-8-4-3-5-9-21;3-1(4)2(5)6/h13H,2-12H2,1H3,(H,17,19,22);(H,3,4)(H,5,6). The molecule has 10 nitrogen and oxygen atoms in total. The van der Waals surface area contributed by atoms with E-state index in [0.717, 1.165) is 30.6 Å².